The molecule has 0 aromatic carbocycles. The summed E-state index contributed by atoms with van der Waals surface area (Å²) in [5, 5.41) is 0. The molecule has 0 spiro atoms. The number of hydrogen-bond donors (Lipinski definition) is 0. The molecule has 410 valence electrons. The minimum absolute atomic E-state index is 0.0108. The van der Waals surface area contributed by atoms with Gasteiger partial charge in [-0.3, -0.25) is 9.36 Å². The van der Waals surface area contributed by atoms with Crippen molar-refractivity contribution < 1.29 is 37.3 Å². The first-order valence-corrected chi connectivity index (χ1v) is 30.4. The van der Waals surface area contributed by atoms with E-state index in [1.54, 1.807) is 0 Å². The van der Waals surface area contributed by atoms with Gasteiger partial charge in [-0.15, -0.1) is 0 Å². The second-order valence-corrected chi connectivity index (χ2v) is 21.7. The second-order valence-electron chi connectivity index (χ2n) is 20.3. The second kappa shape index (κ2) is 53.7. The average molecular weight is 1010 g/mol. The Labute approximate surface area is 438 Å². The van der Waals surface area contributed by atoms with Crippen molar-refractivity contribution in [3.63, 3.8) is 0 Å². The largest absolute Gasteiger partial charge is 0.756 e. The molecular formula is C62H110NO7P. The summed E-state index contributed by atoms with van der Waals surface area (Å²) in [6, 6.07) is 0. The normalized spacial score (nSPS) is 14.2. The Morgan fingerprint density at radius 1 is 0.451 bits per heavy atom. The number of rotatable bonds is 53. The predicted octanol–water partition coefficient (Wildman–Crippen LogP) is 17.9. The van der Waals surface area contributed by atoms with Crippen molar-refractivity contribution in [2.45, 2.75) is 238 Å². The maximum absolute atomic E-state index is 12.8. The fourth-order valence-corrected chi connectivity index (χ4v) is 8.44. The minimum Gasteiger partial charge on any atom is -0.756 e. The molecule has 0 heterocycles. The molecule has 0 amide bonds. The maximum Gasteiger partial charge on any atom is 0.306 e. The predicted molar refractivity (Wildman–Crippen MR) is 305 cm³/mol. The van der Waals surface area contributed by atoms with Crippen LogP contribution in [0, 0.1) is 0 Å². The van der Waals surface area contributed by atoms with Crippen molar-refractivity contribution >= 4 is 13.8 Å². The summed E-state index contributed by atoms with van der Waals surface area (Å²) in [5.74, 6) is -0.391. The number of allylic oxidation sites excluding steroid dienone is 16. The summed E-state index contributed by atoms with van der Waals surface area (Å²) in [6.45, 7) is 5.23. The summed E-state index contributed by atoms with van der Waals surface area (Å²) in [4.78, 5) is 25.2. The van der Waals surface area contributed by atoms with E-state index in [0.29, 0.717) is 24.1 Å². The van der Waals surface area contributed by atoms with Crippen molar-refractivity contribution in [1.29, 1.82) is 0 Å². The zero-order valence-corrected chi connectivity index (χ0v) is 47.5. The SMILES string of the molecule is CC/C=C\C/C=C\C/C=C\C/C=C\C/C=C\C/C=C\C/C=C\CCCC(=O)OC(COCCCCCCCCCCCCCCCC/C=C\CCCCCCCCCC)COP(=O)([O-])OCC[N+](C)(C)C. The summed E-state index contributed by atoms with van der Waals surface area (Å²) in [5.41, 5.74) is 0. The highest BCUT2D eigenvalue weighted by Gasteiger charge is 2.20. The monoisotopic (exact) mass is 1010 g/mol. The lowest BCUT2D eigenvalue weighted by Crippen LogP contribution is -2.37. The molecule has 0 saturated heterocycles. The molecule has 8 nitrogen and oxygen atoms in total. The van der Waals surface area contributed by atoms with Gasteiger partial charge < -0.3 is 27.9 Å². The van der Waals surface area contributed by atoms with Gasteiger partial charge in [0.15, 0.2) is 0 Å². The van der Waals surface area contributed by atoms with Crippen molar-refractivity contribution in [2.75, 3.05) is 54.1 Å². The van der Waals surface area contributed by atoms with Crippen LogP contribution in [0.1, 0.15) is 232 Å². The Bertz CT molecular complexity index is 1460. The van der Waals surface area contributed by atoms with E-state index in [2.05, 4.69) is 111 Å². The zero-order valence-electron chi connectivity index (χ0n) is 46.6. The Hall–Kier alpha value is -2.58. The maximum atomic E-state index is 12.8. The van der Waals surface area contributed by atoms with Crippen molar-refractivity contribution in [3.05, 3.63) is 97.2 Å². The van der Waals surface area contributed by atoms with Gasteiger partial charge in [0.1, 0.15) is 19.3 Å². The fourth-order valence-electron chi connectivity index (χ4n) is 7.71. The lowest BCUT2D eigenvalue weighted by atomic mass is 10.0. The molecule has 0 radical (unpaired) electrons. The number of esters is 1. The number of quaternary nitrogens is 1. The number of carbonyl (C=O) groups is 1. The van der Waals surface area contributed by atoms with Gasteiger partial charge in [0.05, 0.1) is 34.4 Å². The van der Waals surface area contributed by atoms with Crippen LogP contribution in [-0.4, -0.2) is 70.7 Å². The van der Waals surface area contributed by atoms with Crippen LogP contribution in [0.3, 0.4) is 0 Å². The van der Waals surface area contributed by atoms with Crippen LogP contribution in [0.2, 0.25) is 0 Å². The van der Waals surface area contributed by atoms with E-state index in [9.17, 15) is 14.3 Å². The molecular weight excluding hydrogens is 902 g/mol. The highest BCUT2D eigenvalue weighted by Crippen LogP contribution is 2.38. The van der Waals surface area contributed by atoms with E-state index in [-0.39, 0.29) is 26.2 Å². The fraction of sp³-hybridized carbons (Fsp3) is 0.726. The Balaban J connectivity index is 4.17. The first-order valence-electron chi connectivity index (χ1n) is 29.0. The van der Waals surface area contributed by atoms with Gasteiger partial charge in [-0.2, -0.15) is 0 Å². The quantitative estimate of drug-likeness (QED) is 0.0197. The third-order valence-corrected chi connectivity index (χ3v) is 13.1. The minimum atomic E-state index is -4.56. The highest BCUT2D eigenvalue weighted by atomic mass is 31.2. The number of phosphoric acid groups is 1. The van der Waals surface area contributed by atoms with Crippen LogP contribution < -0.4 is 4.89 Å². The van der Waals surface area contributed by atoms with Gasteiger partial charge in [-0.05, 0) is 89.9 Å². The topological polar surface area (TPSA) is 94.1 Å². The molecule has 0 rings (SSSR count). The molecule has 9 heteroatoms. The van der Waals surface area contributed by atoms with Crippen LogP contribution in [0.4, 0.5) is 0 Å². The van der Waals surface area contributed by atoms with Crippen LogP contribution in [-0.2, 0) is 27.9 Å². The summed E-state index contributed by atoms with van der Waals surface area (Å²) < 4.78 is 34.8. The number of carbonyl (C=O) groups excluding carboxylic acids is 1. The lowest BCUT2D eigenvalue weighted by molar-refractivity contribution is -0.870. The molecule has 71 heavy (non-hydrogen) atoms. The Morgan fingerprint density at radius 3 is 1.24 bits per heavy atom. The van der Waals surface area contributed by atoms with Crippen LogP contribution in [0.15, 0.2) is 97.2 Å². The van der Waals surface area contributed by atoms with Gasteiger partial charge in [0.25, 0.3) is 7.82 Å². The molecule has 0 saturated carbocycles. The smallest absolute Gasteiger partial charge is 0.306 e. The van der Waals surface area contributed by atoms with Gasteiger partial charge in [-0.25, -0.2) is 0 Å². The van der Waals surface area contributed by atoms with Crippen molar-refractivity contribution in [1.82, 2.24) is 0 Å². The first kappa shape index (κ1) is 68.4. The number of hydrogen-bond acceptors (Lipinski definition) is 7. The van der Waals surface area contributed by atoms with Crippen LogP contribution in [0.25, 0.3) is 0 Å². The molecule has 0 aliphatic carbocycles. The molecule has 2 unspecified atom stereocenters. The molecule has 0 aliphatic rings. The first-order chi connectivity index (χ1) is 34.6. The van der Waals surface area contributed by atoms with Gasteiger partial charge >= 0.3 is 5.97 Å². The zero-order chi connectivity index (χ0) is 51.9. The third kappa shape index (κ3) is 58.2. The lowest BCUT2D eigenvalue weighted by Gasteiger charge is -2.28. The van der Waals surface area contributed by atoms with E-state index >= 15 is 0 Å². The van der Waals surface area contributed by atoms with Crippen LogP contribution in [0.5, 0.6) is 0 Å². The molecule has 0 N–H and O–H groups in total. The van der Waals surface area contributed by atoms with E-state index in [0.717, 1.165) is 64.2 Å². The van der Waals surface area contributed by atoms with Gasteiger partial charge in [0.2, 0.25) is 0 Å². The molecule has 0 fully saturated rings. The number of likely N-dealkylation sites (N-methyl/N-ethyl adjacent to an activating group) is 1. The standard InChI is InChI=1S/C62H110NO7P/c1-6-8-10-12-14-16-18-20-22-24-26-28-30-31-32-34-36-38-40-42-44-46-48-50-52-54-57-67-59-61(60-69-71(65,66)68-58-56-63(3,4)5)70-62(64)55-53-51-49-47-45-43-41-39-37-35-33-29-27-25-23-21-19-17-15-13-11-9-7-2/h9,11,15,17,21,23-24,26-27,29,35,37,41,43,47,49,61H,6-8,10,12-14,16,18-20,22,25,28,30-34,36,38-40,42,44-46,48,50-60H2,1-5H3/b11-9-,17-15-,23-21-,26-24-,29-27-,37-35-,43-41-,49-47-. The Kier molecular flexibility index (Phi) is 51.8. The molecule has 0 aliphatic heterocycles. The summed E-state index contributed by atoms with van der Waals surface area (Å²) in [6.07, 6.45) is 74.7. The van der Waals surface area contributed by atoms with Gasteiger partial charge in [-0.1, -0.05) is 233 Å². The molecule has 0 aromatic rings. The molecule has 0 aromatic heterocycles. The van der Waals surface area contributed by atoms with E-state index in [4.69, 9.17) is 18.5 Å². The van der Waals surface area contributed by atoms with E-state index in [1.807, 2.05) is 21.1 Å². The number of unbranched alkanes of at least 4 members (excludes halogenated alkanes) is 23. The van der Waals surface area contributed by atoms with E-state index in [1.165, 1.54) is 141 Å². The number of phosphoric ester groups is 1. The third-order valence-electron chi connectivity index (χ3n) is 12.1. The van der Waals surface area contributed by atoms with E-state index < -0.39 is 19.9 Å². The van der Waals surface area contributed by atoms with Crippen molar-refractivity contribution in [2.24, 2.45) is 0 Å². The Morgan fingerprint density at radius 2 is 0.817 bits per heavy atom. The number of nitrogens with zero attached hydrogens (tertiary/aromatic N) is 1. The van der Waals surface area contributed by atoms with Crippen molar-refractivity contribution in [3.8, 4) is 0 Å². The molecule has 0 bridgehead atoms. The molecule has 2 atom stereocenters. The van der Waals surface area contributed by atoms with Gasteiger partial charge in [0, 0.05) is 13.0 Å². The average Bonchev–Trinajstić information content (AvgIpc) is 3.33. The summed E-state index contributed by atoms with van der Waals surface area (Å²) >= 11 is 0. The number of ether oxygens (including phenoxy) is 2. The van der Waals surface area contributed by atoms with Crippen LogP contribution >= 0.6 is 7.82 Å². The highest BCUT2D eigenvalue weighted by molar-refractivity contribution is 7.45. The summed E-state index contributed by atoms with van der Waals surface area (Å²) in [7, 11) is 1.31.